The number of ether oxygens (including phenoxy) is 1. The van der Waals surface area contributed by atoms with Crippen LogP contribution in [0.4, 0.5) is 16.2 Å². The molecule has 3 amide bonds. The predicted molar refractivity (Wildman–Crippen MR) is 107 cm³/mol. The maximum atomic E-state index is 12.7. The van der Waals surface area contributed by atoms with E-state index in [4.69, 9.17) is 16.3 Å². The van der Waals surface area contributed by atoms with Gasteiger partial charge in [-0.25, -0.2) is 4.79 Å². The highest BCUT2D eigenvalue weighted by molar-refractivity contribution is 6.31. The van der Waals surface area contributed by atoms with Gasteiger partial charge in [-0.15, -0.1) is 0 Å². The number of nitrogens with one attached hydrogen (secondary N) is 3. The van der Waals surface area contributed by atoms with Crippen LogP contribution in [0, 0.1) is 11.8 Å². The number of rotatable bonds is 6. The Morgan fingerprint density at radius 2 is 1.74 bits per heavy atom. The van der Waals surface area contributed by atoms with Crippen LogP contribution in [0.5, 0.6) is 0 Å². The van der Waals surface area contributed by atoms with Gasteiger partial charge in [0, 0.05) is 18.5 Å². The van der Waals surface area contributed by atoms with E-state index >= 15 is 0 Å². The minimum atomic E-state index is -0.617. The van der Waals surface area contributed by atoms with Crippen LogP contribution in [-0.2, 0) is 14.3 Å². The standard InChI is InChI=1S/C19H28ClN3O4/c1-11(2)14(10-21-18(26)27-19(4,5)6)17(25)23-16-9-13(20)7-8-15(16)22-12(3)24/h7-9,11,14H,10H2,1-6H3,(H,21,26)(H,22,24)(H,23,25). The van der Waals surface area contributed by atoms with E-state index in [1.54, 1.807) is 39.0 Å². The average Bonchev–Trinajstić information content (AvgIpc) is 2.47. The Bertz CT molecular complexity index is 699. The zero-order valence-corrected chi connectivity index (χ0v) is 17.4. The Kier molecular flexibility index (Phi) is 8.09. The molecule has 1 atom stereocenters. The Morgan fingerprint density at radius 1 is 1.11 bits per heavy atom. The van der Waals surface area contributed by atoms with Gasteiger partial charge < -0.3 is 20.7 Å². The Balaban J connectivity index is 2.86. The van der Waals surface area contributed by atoms with Crippen LogP contribution in [0.3, 0.4) is 0 Å². The smallest absolute Gasteiger partial charge is 0.407 e. The predicted octanol–water partition coefficient (Wildman–Crippen LogP) is 4.03. The third-order valence-electron chi connectivity index (χ3n) is 3.56. The van der Waals surface area contributed by atoms with E-state index in [1.807, 2.05) is 13.8 Å². The summed E-state index contributed by atoms with van der Waals surface area (Å²) in [4.78, 5) is 36.0. The highest BCUT2D eigenvalue weighted by Gasteiger charge is 2.25. The monoisotopic (exact) mass is 397 g/mol. The second-order valence-corrected chi connectivity index (χ2v) is 8.03. The highest BCUT2D eigenvalue weighted by atomic mass is 35.5. The van der Waals surface area contributed by atoms with Crippen LogP contribution in [0.15, 0.2) is 18.2 Å². The van der Waals surface area contributed by atoms with E-state index in [0.29, 0.717) is 16.4 Å². The second-order valence-electron chi connectivity index (χ2n) is 7.59. The first kappa shape index (κ1) is 22.8. The summed E-state index contributed by atoms with van der Waals surface area (Å²) >= 11 is 6.01. The highest BCUT2D eigenvalue weighted by Crippen LogP contribution is 2.27. The van der Waals surface area contributed by atoms with Crippen LogP contribution in [0.1, 0.15) is 41.5 Å². The Labute approximate surface area is 165 Å². The van der Waals surface area contributed by atoms with E-state index < -0.39 is 17.6 Å². The number of carbonyl (C=O) groups excluding carboxylic acids is 3. The largest absolute Gasteiger partial charge is 0.444 e. The molecule has 0 bridgehead atoms. The molecule has 0 aliphatic heterocycles. The first-order valence-corrected chi connectivity index (χ1v) is 9.11. The van der Waals surface area contributed by atoms with Gasteiger partial charge in [-0.1, -0.05) is 25.4 Å². The number of anilines is 2. The van der Waals surface area contributed by atoms with Crippen molar-refractivity contribution >= 4 is 40.9 Å². The lowest BCUT2D eigenvalue weighted by atomic mass is 9.94. The maximum absolute atomic E-state index is 12.7. The molecule has 8 heteroatoms. The van der Waals surface area contributed by atoms with Crippen LogP contribution in [0.2, 0.25) is 5.02 Å². The van der Waals surface area contributed by atoms with Crippen molar-refractivity contribution in [3.05, 3.63) is 23.2 Å². The maximum Gasteiger partial charge on any atom is 0.407 e. The van der Waals surface area contributed by atoms with Crippen LogP contribution < -0.4 is 16.0 Å². The molecule has 0 spiro atoms. The average molecular weight is 398 g/mol. The molecule has 7 nitrogen and oxygen atoms in total. The fourth-order valence-corrected chi connectivity index (χ4v) is 2.45. The fourth-order valence-electron chi connectivity index (χ4n) is 2.28. The van der Waals surface area contributed by atoms with Gasteiger partial charge in [0.15, 0.2) is 0 Å². The summed E-state index contributed by atoms with van der Waals surface area (Å²) in [7, 11) is 0. The van der Waals surface area contributed by atoms with Crippen molar-refractivity contribution in [2.45, 2.75) is 47.1 Å². The van der Waals surface area contributed by atoms with Gasteiger partial charge in [-0.3, -0.25) is 9.59 Å². The first-order chi connectivity index (χ1) is 12.4. The van der Waals surface area contributed by atoms with Crippen LogP contribution >= 0.6 is 11.6 Å². The first-order valence-electron chi connectivity index (χ1n) is 8.74. The molecule has 0 heterocycles. The Hall–Kier alpha value is -2.28. The molecule has 1 rings (SSSR count). The number of alkyl carbamates (subject to hydrolysis) is 1. The Morgan fingerprint density at radius 3 is 2.26 bits per heavy atom. The molecule has 0 radical (unpaired) electrons. The lowest BCUT2D eigenvalue weighted by molar-refractivity contribution is -0.121. The lowest BCUT2D eigenvalue weighted by Gasteiger charge is -2.24. The summed E-state index contributed by atoms with van der Waals surface area (Å²) < 4.78 is 5.20. The summed E-state index contributed by atoms with van der Waals surface area (Å²) in [5, 5.41) is 8.48. The number of amides is 3. The molecule has 3 N–H and O–H groups in total. The van der Waals surface area contributed by atoms with Crippen molar-refractivity contribution in [3.8, 4) is 0 Å². The molecule has 0 saturated heterocycles. The van der Waals surface area contributed by atoms with E-state index in [1.165, 1.54) is 6.92 Å². The lowest BCUT2D eigenvalue weighted by Crippen LogP contribution is -2.40. The third kappa shape index (κ3) is 8.30. The van der Waals surface area contributed by atoms with E-state index in [-0.39, 0.29) is 24.3 Å². The van der Waals surface area contributed by atoms with Gasteiger partial charge in [-0.2, -0.15) is 0 Å². The molecule has 0 saturated carbocycles. The summed E-state index contributed by atoms with van der Waals surface area (Å²) in [6, 6.07) is 4.79. The number of halogens is 1. The molecule has 1 unspecified atom stereocenters. The second kappa shape index (κ2) is 9.60. The molecule has 150 valence electrons. The zero-order valence-electron chi connectivity index (χ0n) is 16.6. The zero-order chi connectivity index (χ0) is 20.8. The number of carbonyl (C=O) groups is 3. The van der Waals surface area contributed by atoms with Gasteiger partial charge >= 0.3 is 6.09 Å². The van der Waals surface area contributed by atoms with Crippen molar-refractivity contribution in [2.24, 2.45) is 11.8 Å². The van der Waals surface area contributed by atoms with Crippen molar-refractivity contribution in [1.82, 2.24) is 5.32 Å². The minimum Gasteiger partial charge on any atom is -0.444 e. The van der Waals surface area contributed by atoms with Gasteiger partial charge in [0.05, 0.1) is 17.3 Å². The molecular weight excluding hydrogens is 370 g/mol. The fraction of sp³-hybridized carbons (Fsp3) is 0.526. The summed E-state index contributed by atoms with van der Waals surface area (Å²) in [5.74, 6) is -1.10. The number of hydrogen-bond acceptors (Lipinski definition) is 4. The van der Waals surface area contributed by atoms with Gasteiger partial charge in [0.25, 0.3) is 0 Å². The van der Waals surface area contributed by atoms with Crippen molar-refractivity contribution in [3.63, 3.8) is 0 Å². The third-order valence-corrected chi connectivity index (χ3v) is 3.79. The molecule has 0 aliphatic rings. The molecule has 0 fully saturated rings. The van der Waals surface area contributed by atoms with E-state index in [0.717, 1.165) is 0 Å². The quantitative estimate of drug-likeness (QED) is 0.675. The van der Waals surface area contributed by atoms with Crippen LogP contribution in [0.25, 0.3) is 0 Å². The normalized spacial score (nSPS) is 12.3. The molecule has 0 aromatic heterocycles. The van der Waals surface area contributed by atoms with Crippen molar-refractivity contribution in [2.75, 3.05) is 17.2 Å². The van der Waals surface area contributed by atoms with E-state index in [2.05, 4.69) is 16.0 Å². The molecule has 1 aromatic rings. The molecule has 1 aromatic carbocycles. The van der Waals surface area contributed by atoms with Gasteiger partial charge in [-0.05, 0) is 44.9 Å². The SMILES string of the molecule is CC(=O)Nc1ccc(Cl)cc1NC(=O)C(CNC(=O)OC(C)(C)C)C(C)C. The van der Waals surface area contributed by atoms with Crippen molar-refractivity contribution < 1.29 is 19.1 Å². The summed E-state index contributed by atoms with van der Waals surface area (Å²) in [5.41, 5.74) is 0.224. The summed E-state index contributed by atoms with van der Waals surface area (Å²) in [6.07, 6.45) is -0.581. The number of hydrogen-bond donors (Lipinski definition) is 3. The van der Waals surface area contributed by atoms with E-state index in [9.17, 15) is 14.4 Å². The van der Waals surface area contributed by atoms with Gasteiger partial charge in [0.1, 0.15) is 5.60 Å². The van der Waals surface area contributed by atoms with Crippen molar-refractivity contribution in [1.29, 1.82) is 0 Å². The summed E-state index contributed by atoms with van der Waals surface area (Å²) in [6.45, 7) is 10.6. The molecular formula is C19H28ClN3O4. The number of benzene rings is 1. The molecule has 0 aliphatic carbocycles. The molecule has 27 heavy (non-hydrogen) atoms. The minimum absolute atomic E-state index is 0.0386. The van der Waals surface area contributed by atoms with Crippen LogP contribution in [-0.4, -0.2) is 30.1 Å². The topological polar surface area (TPSA) is 96.5 Å². The van der Waals surface area contributed by atoms with Gasteiger partial charge in [0.2, 0.25) is 11.8 Å².